The Balaban J connectivity index is 2.05. The molecule has 0 atom stereocenters. The van der Waals surface area contributed by atoms with E-state index in [9.17, 15) is 18.0 Å². The van der Waals surface area contributed by atoms with Gasteiger partial charge in [-0.1, -0.05) is 32.0 Å². The van der Waals surface area contributed by atoms with Crippen LogP contribution in [-0.4, -0.2) is 44.1 Å². The summed E-state index contributed by atoms with van der Waals surface area (Å²) in [4.78, 5) is 23.7. The van der Waals surface area contributed by atoms with Crippen molar-refractivity contribution in [2.45, 2.75) is 25.7 Å². The molecule has 0 heterocycles. The highest BCUT2D eigenvalue weighted by atomic mass is 32.2. The van der Waals surface area contributed by atoms with E-state index in [1.54, 1.807) is 50.2 Å². The fourth-order valence-electron chi connectivity index (χ4n) is 2.60. The Hall–Kier alpha value is -2.71. The number of hydrogen-bond donors (Lipinski definition) is 1. The third-order valence-electron chi connectivity index (χ3n) is 4.07. The van der Waals surface area contributed by atoms with Crippen LogP contribution in [0.2, 0.25) is 0 Å². The highest BCUT2D eigenvalue weighted by Crippen LogP contribution is 2.20. The molecule has 7 nitrogen and oxygen atoms in total. The third kappa shape index (κ3) is 5.40. The molecular formula is C20H24N2O5S. The second kappa shape index (κ2) is 9.48. The third-order valence-corrected chi connectivity index (χ3v) is 6.12. The highest BCUT2D eigenvalue weighted by Gasteiger charge is 2.21. The van der Waals surface area contributed by atoms with Gasteiger partial charge in [0.1, 0.15) is 5.75 Å². The van der Waals surface area contributed by atoms with Crippen LogP contribution in [0.1, 0.15) is 31.1 Å². The first-order chi connectivity index (χ1) is 13.3. The zero-order chi connectivity index (χ0) is 20.7. The second-order valence-corrected chi connectivity index (χ2v) is 7.98. The molecule has 0 spiro atoms. The largest absolute Gasteiger partial charge is 0.484 e. The summed E-state index contributed by atoms with van der Waals surface area (Å²) in [5.41, 5.74) is 0.853. The number of carbonyl (C=O) groups excluding carboxylic acids is 2. The second-order valence-electron chi connectivity index (χ2n) is 6.04. The van der Waals surface area contributed by atoms with Crippen LogP contribution in [0.15, 0.2) is 53.4 Å². The normalized spacial score (nSPS) is 11.3. The molecule has 0 aromatic heterocycles. The number of rotatable bonds is 9. The van der Waals surface area contributed by atoms with E-state index in [0.29, 0.717) is 30.1 Å². The minimum Gasteiger partial charge on any atom is -0.484 e. The zero-order valence-electron chi connectivity index (χ0n) is 16.1. The lowest BCUT2D eigenvalue weighted by Gasteiger charge is -2.18. The van der Waals surface area contributed by atoms with E-state index in [-0.39, 0.29) is 17.3 Å². The summed E-state index contributed by atoms with van der Waals surface area (Å²) in [6, 6.07) is 12.6. The molecule has 0 saturated heterocycles. The van der Waals surface area contributed by atoms with Crippen molar-refractivity contribution in [2.24, 2.45) is 0 Å². The van der Waals surface area contributed by atoms with Crippen LogP contribution < -0.4 is 10.1 Å². The van der Waals surface area contributed by atoms with Gasteiger partial charge in [-0.2, -0.15) is 4.31 Å². The number of anilines is 1. The summed E-state index contributed by atoms with van der Waals surface area (Å²) in [7, 11) is -3.61. The molecule has 1 amide bonds. The number of carbonyl (C=O) groups is 2. The van der Waals surface area contributed by atoms with Gasteiger partial charge in [-0.15, -0.1) is 0 Å². The molecule has 1 N–H and O–H groups in total. The number of amides is 1. The smallest absolute Gasteiger partial charge is 0.262 e. The zero-order valence-corrected chi connectivity index (χ0v) is 17.0. The molecule has 0 unspecified atom stereocenters. The van der Waals surface area contributed by atoms with Gasteiger partial charge in [0.15, 0.2) is 12.4 Å². The fourth-order valence-corrected chi connectivity index (χ4v) is 4.10. The van der Waals surface area contributed by atoms with Gasteiger partial charge in [0, 0.05) is 24.3 Å². The molecule has 0 saturated carbocycles. The molecule has 0 aliphatic carbocycles. The first-order valence-corrected chi connectivity index (χ1v) is 10.4. The van der Waals surface area contributed by atoms with Crippen molar-refractivity contribution in [1.82, 2.24) is 4.31 Å². The van der Waals surface area contributed by atoms with E-state index in [1.807, 2.05) is 0 Å². The minimum atomic E-state index is -3.61. The van der Waals surface area contributed by atoms with Crippen molar-refractivity contribution in [2.75, 3.05) is 25.0 Å². The molecule has 0 aliphatic rings. The molecular weight excluding hydrogens is 380 g/mol. The molecule has 150 valence electrons. The van der Waals surface area contributed by atoms with Gasteiger partial charge >= 0.3 is 0 Å². The fraction of sp³-hybridized carbons (Fsp3) is 0.300. The van der Waals surface area contributed by atoms with Gasteiger partial charge in [-0.3, -0.25) is 9.59 Å². The van der Waals surface area contributed by atoms with Crippen molar-refractivity contribution >= 4 is 27.4 Å². The minimum absolute atomic E-state index is 0.0962. The van der Waals surface area contributed by atoms with Crippen LogP contribution in [0.4, 0.5) is 5.69 Å². The van der Waals surface area contributed by atoms with E-state index in [1.165, 1.54) is 23.4 Å². The average Bonchev–Trinajstić information content (AvgIpc) is 2.67. The number of ketones is 1. The number of hydrogen-bond acceptors (Lipinski definition) is 5. The Labute approximate surface area is 165 Å². The molecule has 28 heavy (non-hydrogen) atoms. The Morgan fingerprint density at radius 1 is 1.04 bits per heavy atom. The SMILES string of the molecule is CCN(CC)S(=O)(=O)c1cccc(NC(=O)COc2cccc(C(C)=O)c2)c1. The number of Topliss-reactive ketones (excluding diaryl/α,β-unsaturated/α-hetero) is 1. The first kappa shape index (κ1) is 21.6. The summed E-state index contributed by atoms with van der Waals surface area (Å²) >= 11 is 0. The maximum absolute atomic E-state index is 12.6. The van der Waals surface area contributed by atoms with Crippen molar-refractivity contribution in [3.8, 4) is 5.75 Å². The molecule has 8 heteroatoms. The van der Waals surface area contributed by atoms with Crippen molar-refractivity contribution in [3.05, 3.63) is 54.1 Å². The van der Waals surface area contributed by atoms with Crippen molar-refractivity contribution in [1.29, 1.82) is 0 Å². The Morgan fingerprint density at radius 3 is 2.36 bits per heavy atom. The Bertz CT molecular complexity index is 953. The summed E-state index contributed by atoms with van der Waals surface area (Å²) in [5, 5.41) is 2.62. The van der Waals surface area contributed by atoms with Gasteiger partial charge in [0.25, 0.3) is 5.91 Å². The van der Waals surface area contributed by atoms with Crippen LogP contribution in [0.3, 0.4) is 0 Å². The predicted octanol–water partition coefficient (Wildman–Crippen LogP) is 2.94. The predicted molar refractivity (Wildman–Crippen MR) is 107 cm³/mol. The number of ether oxygens (including phenoxy) is 1. The van der Waals surface area contributed by atoms with Crippen LogP contribution in [0, 0.1) is 0 Å². The summed E-state index contributed by atoms with van der Waals surface area (Å²) in [6.07, 6.45) is 0. The van der Waals surface area contributed by atoms with E-state index in [4.69, 9.17) is 4.74 Å². The van der Waals surface area contributed by atoms with Crippen LogP contribution in [0.25, 0.3) is 0 Å². The number of nitrogens with one attached hydrogen (secondary N) is 1. The maximum Gasteiger partial charge on any atom is 0.262 e. The number of nitrogens with zero attached hydrogens (tertiary/aromatic N) is 1. The van der Waals surface area contributed by atoms with Gasteiger partial charge in [-0.25, -0.2) is 8.42 Å². The van der Waals surface area contributed by atoms with Crippen LogP contribution in [-0.2, 0) is 14.8 Å². The standard InChI is InChI=1S/C20H24N2O5S/c1-4-22(5-2)28(25,26)19-11-7-9-17(13-19)21-20(24)14-27-18-10-6-8-16(12-18)15(3)23/h6-13H,4-5,14H2,1-3H3,(H,21,24). The van der Waals surface area contributed by atoms with Gasteiger partial charge in [0.05, 0.1) is 4.90 Å². The molecule has 2 aromatic carbocycles. The quantitative estimate of drug-likeness (QED) is 0.649. The Kier molecular flexibility index (Phi) is 7.31. The van der Waals surface area contributed by atoms with Gasteiger partial charge in [-0.05, 0) is 37.3 Å². The summed E-state index contributed by atoms with van der Waals surface area (Å²) < 4.78 is 31.9. The lowest BCUT2D eigenvalue weighted by Crippen LogP contribution is -2.30. The molecule has 0 radical (unpaired) electrons. The van der Waals surface area contributed by atoms with Crippen molar-refractivity contribution in [3.63, 3.8) is 0 Å². The van der Waals surface area contributed by atoms with Crippen LogP contribution in [0.5, 0.6) is 5.75 Å². The Morgan fingerprint density at radius 2 is 1.71 bits per heavy atom. The number of sulfonamides is 1. The molecule has 0 bridgehead atoms. The molecule has 0 aliphatic heterocycles. The van der Waals surface area contributed by atoms with Gasteiger partial charge in [0.2, 0.25) is 10.0 Å². The van der Waals surface area contributed by atoms with Crippen molar-refractivity contribution < 1.29 is 22.7 Å². The molecule has 0 fully saturated rings. The topological polar surface area (TPSA) is 92.8 Å². The van der Waals surface area contributed by atoms with E-state index < -0.39 is 15.9 Å². The van der Waals surface area contributed by atoms with E-state index in [0.717, 1.165) is 0 Å². The first-order valence-electron chi connectivity index (χ1n) is 8.91. The summed E-state index contributed by atoms with van der Waals surface area (Å²) in [5.74, 6) is -0.132. The molecule has 2 rings (SSSR count). The lowest BCUT2D eigenvalue weighted by molar-refractivity contribution is -0.118. The maximum atomic E-state index is 12.6. The van der Waals surface area contributed by atoms with E-state index in [2.05, 4.69) is 5.32 Å². The van der Waals surface area contributed by atoms with Crippen LogP contribution >= 0.6 is 0 Å². The highest BCUT2D eigenvalue weighted by molar-refractivity contribution is 7.89. The molecule has 2 aromatic rings. The van der Waals surface area contributed by atoms with E-state index >= 15 is 0 Å². The lowest BCUT2D eigenvalue weighted by atomic mass is 10.1. The number of benzene rings is 2. The monoisotopic (exact) mass is 404 g/mol. The average molecular weight is 404 g/mol. The van der Waals surface area contributed by atoms with Gasteiger partial charge < -0.3 is 10.1 Å². The summed E-state index contributed by atoms with van der Waals surface area (Å²) in [6.45, 7) is 5.45.